The van der Waals surface area contributed by atoms with Crippen molar-refractivity contribution in [3.05, 3.63) is 58.1 Å². The molecule has 138 valence electrons. The predicted molar refractivity (Wildman–Crippen MR) is 107 cm³/mol. The van der Waals surface area contributed by atoms with Gasteiger partial charge in [-0.2, -0.15) is 0 Å². The van der Waals surface area contributed by atoms with Gasteiger partial charge in [0.05, 0.1) is 11.3 Å². The van der Waals surface area contributed by atoms with E-state index >= 15 is 0 Å². The summed E-state index contributed by atoms with van der Waals surface area (Å²) in [7, 11) is 0. The molecular weight excluding hydrogens is 373 g/mol. The van der Waals surface area contributed by atoms with Crippen molar-refractivity contribution in [1.82, 2.24) is 4.90 Å². The number of nitrogen functional groups attached to an aromatic ring is 1. The van der Waals surface area contributed by atoms with E-state index in [1.807, 2.05) is 6.92 Å². The van der Waals surface area contributed by atoms with Crippen LogP contribution in [-0.2, 0) is 0 Å². The summed E-state index contributed by atoms with van der Waals surface area (Å²) in [6.45, 7) is 3.30. The fourth-order valence-corrected chi connectivity index (χ4v) is 3.14. The van der Waals surface area contributed by atoms with Gasteiger partial charge in [-0.15, -0.1) is 12.4 Å². The first kappa shape index (κ1) is 20.1. The van der Waals surface area contributed by atoms with Crippen molar-refractivity contribution in [2.45, 2.75) is 19.8 Å². The molecule has 0 spiro atoms. The molecule has 0 bridgehead atoms. The third-order valence-electron chi connectivity index (χ3n) is 4.36. The summed E-state index contributed by atoms with van der Waals surface area (Å²) >= 11 is 6.07. The van der Waals surface area contributed by atoms with E-state index in [1.165, 1.54) is 0 Å². The van der Waals surface area contributed by atoms with Crippen molar-refractivity contribution < 1.29 is 9.59 Å². The Balaban J connectivity index is 0.00000243. The van der Waals surface area contributed by atoms with Crippen molar-refractivity contribution in [3.8, 4) is 0 Å². The Morgan fingerprint density at radius 1 is 1.08 bits per heavy atom. The molecule has 7 heteroatoms. The first-order chi connectivity index (χ1) is 12.0. The van der Waals surface area contributed by atoms with Crippen LogP contribution in [0.2, 0.25) is 5.02 Å². The lowest BCUT2D eigenvalue weighted by Gasteiger charge is -2.18. The molecule has 0 radical (unpaired) electrons. The van der Waals surface area contributed by atoms with Crippen LogP contribution in [0.1, 0.15) is 39.1 Å². The van der Waals surface area contributed by atoms with Gasteiger partial charge in [0.15, 0.2) is 0 Å². The molecule has 5 nitrogen and oxygen atoms in total. The fraction of sp³-hybridized carbons (Fsp3) is 0.263. The van der Waals surface area contributed by atoms with Crippen molar-refractivity contribution in [3.63, 3.8) is 0 Å². The summed E-state index contributed by atoms with van der Waals surface area (Å²) in [5.74, 6) is -0.415. The number of hydrogen-bond donors (Lipinski definition) is 2. The maximum Gasteiger partial charge on any atom is 0.256 e. The van der Waals surface area contributed by atoms with Crippen LogP contribution in [0.5, 0.6) is 0 Å². The number of likely N-dealkylation sites (tertiary alicyclic amines) is 1. The quantitative estimate of drug-likeness (QED) is 0.769. The van der Waals surface area contributed by atoms with E-state index in [-0.39, 0.29) is 24.2 Å². The molecule has 0 aliphatic carbocycles. The topological polar surface area (TPSA) is 75.4 Å². The minimum absolute atomic E-state index is 0. The molecule has 3 N–H and O–H groups in total. The van der Waals surface area contributed by atoms with Gasteiger partial charge in [-0.1, -0.05) is 17.7 Å². The van der Waals surface area contributed by atoms with Crippen molar-refractivity contribution in [1.29, 1.82) is 0 Å². The van der Waals surface area contributed by atoms with Gasteiger partial charge in [0.25, 0.3) is 11.8 Å². The van der Waals surface area contributed by atoms with Gasteiger partial charge in [-0.25, -0.2) is 0 Å². The first-order valence-corrected chi connectivity index (χ1v) is 8.60. The zero-order chi connectivity index (χ0) is 18.0. The minimum atomic E-state index is -0.303. The summed E-state index contributed by atoms with van der Waals surface area (Å²) in [4.78, 5) is 27.2. The Morgan fingerprint density at radius 2 is 1.77 bits per heavy atom. The number of carbonyl (C=O) groups is 2. The summed E-state index contributed by atoms with van der Waals surface area (Å²) in [5, 5.41) is 3.28. The number of rotatable bonds is 3. The Morgan fingerprint density at radius 3 is 2.46 bits per heavy atom. The maximum absolute atomic E-state index is 12.8. The molecule has 1 fully saturated rings. The maximum atomic E-state index is 12.8. The van der Waals surface area contributed by atoms with Crippen LogP contribution >= 0.6 is 24.0 Å². The highest BCUT2D eigenvalue weighted by atomic mass is 35.5. The van der Waals surface area contributed by atoms with Gasteiger partial charge in [0.1, 0.15) is 0 Å². The molecule has 0 saturated carbocycles. The van der Waals surface area contributed by atoms with Crippen LogP contribution in [0.3, 0.4) is 0 Å². The molecule has 0 atom stereocenters. The molecule has 2 aromatic rings. The van der Waals surface area contributed by atoms with Crippen LogP contribution in [0.4, 0.5) is 11.4 Å². The molecule has 2 amide bonds. The Hall–Kier alpha value is -2.24. The van der Waals surface area contributed by atoms with Crippen molar-refractivity contribution >= 4 is 47.2 Å². The number of amides is 2. The highest BCUT2D eigenvalue weighted by Crippen LogP contribution is 2.25. The highest BCUT2D eigenvalue weighted by Gasteiger charge is 2.23. The standard InChI is InChI=1S/C19H20ClN3O2.ClH/c1-12-4-6-14(21)11-15(12)18(24)22-17-7-5-13(20)10-16(17)19(25)23-8-2-3-9-23;/h4-7,10-11H,2-3,8-9,21H2,1H3,(H,22,24);1H. The summed E-state index contributed by atoms with van der Waals surface area (Å²) in [6, 6.07) is 10.1. The monoisotopic (exact) mass is 393 g/mol. The molecule has 1 aliphatic heterocycles. The number of anilines is 2. The predicted octanol–water partition coefficient (Wildman–Crippen LogP) is 4.14. The van der Waals surface area contributed by atoms with Crippen LogP contribution in [0.15, 0.2) is 36.4 Å². The van der Waals surface area contributed by atoms with E-state index in [2.05, 4.69) is 5.32 Å². The van der Waals surface area contributed by atoms with Crippen molar-refractivity contribution in [2.24, 2.45) is 0 Å². The smallest absolute Gasteiger partial charge is 0.256 e. The molecule has 2 aromatic carbocycles. The molecular formula is C19H21Cl2N3O2. The third-order valence-corrected chi connectivity index (χ3v) is 4.59. The molecule has 0 aromatic heterocycles. The van der Waals surface area contributed by atoms with E-state index < -0.39 is 0 Å². The van der Waals surface area contributed by atoms with Gasteiger partial charge >= 0.3 is 0 Å². The number of hydrogen-bond acceptors (Lipinski definition) is 3. The molecule has 1 heterocycles. The highest BCUT2D eigenvalue weighted by molar-refractivity contribution is 6.31. The average Bonchev–Trinajstić information content (AvgIpc) is 3.12. The lowest BCUT2D eigenvalue weighted by atomic mass is 10.1. The molecule has 1 saturated heterocycles. The van der Waals surface area contributed by atoms with Crippen LogP contribution < -0.4 is 11.1 Å². The molecule has 1 aliphatic rings. The number of nitrogens with one attached hydrogen (secondary N) is 1. The Labute approximate surface area is 163 Å². The number of nitrogens with two attached hydrogens (primary N) is 1. The van der Waals surface area contributed by atoms with E-state index in [1.54, 1.807) is 41.3 Å². The fourth-order valence-electron chi connectivity index (χ4n) is 2.97. The largest absolute Gasteiger partial charge is 0.399 e. The normalized spacial score (nSPS) is 13.2. The van der Waals surface area contributed by atoms with E-state index in [0.29, 0.717) is 27.5 Å². The Kier molecular flexibility index (Phi) is 6.51. The van der Waals surface area contributed by atoms with E-state index in [0.717, 1.165) is 31.5 Å². The second-order valence-electron chi connectivity index (χ2n) is 6.22. The molecule has 0 unspecified atom stereocenters. The first-order valence-electron chi connectivity index (χ1n) is 8.22. The summed E-state index contributed by atoms with van der Waals surface area (Å²) in [5.41, 5.74) is 8.45. The third kappa shape index (κ3) is 4.29. The molecule has 3 rings (SSSR count). The summed E-state index contributed by atoms with van der Waals surface area (Å²) in [6.07, 6.45) is 1.99. The summed E-state index contributed by atoms with van der Waals surface area (Å²) < 4.78 is 0. The van der Waals surface area contributed by atoms with Crippen LogP contribution in [0.25, 0.3) is 0 Å². The second kappa shape index (κ2) is 8.43. The number of benzene rings is 2. The van der Waals surface area contributed by atoms with E-state index in [9.17, 15) is 9.59 Å². The lowest BCUT2D eigenvalue weighted by Crippen LogP contribution is -2.29. The van der Waals surface area contributed by atoms with Gasteiger partial charge < -0.3 is 16.0 Å². The van der Waals surface area contributed by atoms with Crippen LogP contribution in [0, 0.1) is 6.92 Å². The Bertz CT molecular complexity index is 834. The van der Waals surface area contributed by atoms with Gasteiger partial charge in [-0.3, -0.25) is 9.59 Å². The number of halogens is 2. The average molecular weight is 394 g/mol. The van der Waals surface area contributed by atoms with Crippen molar-refractivity contribution in [2.75, 3.05) is 24.1 Å². The van der Waals surface area contributed by atoms with Gasteiger partial charge in [-0.05, 0) is 55.7 Å². The number of nitrogens with zero attached hydrogens (tertiary/aromatic N) is 1. The van der Waals surface area contributed by atoms with Gasteiger partial charge in [0, 0.05) is 29.4 Å². The zero-order valence-corrected chi connectivity index (χ0v) is 16.0. The zero-order valence-electron chi connectivity index (χ0n) is 14.4. The lowest BCUT2D eigenvalue weighted by molar-refractivity contribution is 0.0794. The van der Waals surface area contributed by atoms with Crippen LogP contribution in [-0.4, -0.2) is 29.8 Å². The minimum Gasteiger partial charge on any atom is -0.399 e. The number of aryl methyl sites for hydroxylation is 1. The van der Waals surface area contributed by atoms with E-state index in [4.69, 9.17) is 17.3 Å². The second-order valence-corrected chi connectivity index (χ2v) is 6.65. The van der Waals surface area contributed by atoms with Gasteiger partial charge in [0.2, 0.25) is 0 Å². The molecule has 26 heavy (non-hydrogen) atoms. The number of carbonyl (C=O) groups excluding carboxylic acids is 2. The SMILES string of the molecule is Cc1ccc(N)cc1C(=O)Nc1ccc(Cl)cc1C(=O)N1CCCC1.Cl.